The molecule has 324 valence electrons. The van der Waals surface area contributed by atoms with E-state index < -0.39 is 30.0 Å². The summed E-state index contributed by atoms with van der Waals surface area (Å²) >= 11 is 0. The SMILES string of the molecule is Cn1c(=O)n(C2CCC(=O)NC2=O)c2cccc(C#CCOC3CCN([C@H]4CC[C@@H](n5cc(NC(=O)c6cnn7ccc(N8C[C@H]9C[C@@H]8CO9)nc67)c(C(F)F)n5)CC4)CC3)c21. The van der Waals surface area contributed by atoms with Gasteiger partial charge in [0.15, 0.2) is 11.3 Å². The molecular formula is C43H47F2N11O6. The van der Waals surface area contributed by atoms with Gasteiger partial charge in [0, 0.05) is 51.5 Å². The van der Waals surface area contributed by atoms with Crippen molar-refractivity contribution in [2.75, 3.05) is 43.1 Å². The molecule has 4 saturated heterocycles. The van der Waals surface area contributed by atoms with E-state index >= 15 is 0 Å². The Morgan fingerprint density at radius 2 is 1.85 bits per heavy atom. The number of piperidine rings is 2. The van der Waals surface area contributed by atoms with Crippen LogP contribution in [0.1, 0.15) is 97.9 Å². The van der Waals surface area contributed by atoms with Crippen molar-refractivity contribution in [1.29, 1.82) is 0 Å². The molecule has 62 heavy (non-hydrogen) atoms. The van der Waals surface area contributed by atoms with Gasteiger partial charge < -0.3 is 24.6 Å². The molecule has 10 rings (SSSR count). The molecular weight excluding hydrogens is 805 g/mol. The number of alkyl halides is 2. The van der Waals surface area contributed by atoms with E-state index in [9.17, 15) is 28.0 Å². The van der Waals surface area contributed by atoms with Gasteiger partial charge in [-0.05, 0) is 69.6 Å². The number of benzene rings is 1. The number of carbonyl (C=O) groups is 3. The van der Waals surface area contributed by atoms with Crippen molar-refractivity contribution in [2.24, 2.45) is 7.05 Å². The van der Waals surface area contributed by atoms with Gasteiger partial charge in [-0.2, -0.15) is 10.2 Å². The summed E-state index contributed by atoms with van der Waals surface area (Å²) in [7, 11) is 1.65. The third-order valence-electron chi connectivity index (χ3n) is 13.3. The summed E-state index contributed by atoms with van der Waals surface area (Å²) in [6, 6.07) is 7.05. The number of aryl methyl sites for hydroxylation is 1. The zero-order chi connectivity index (χ0) is 42.6. The Morgan fingerprint density at radius 1 is 1.05 bits per heavy atom. The molecule has 5 aromatic rings. The lowest BCUT2D eigenvalue weighted by molar-refractivity contribution is -0.135. The number of hydrogen-bond donors (Lipinski definition) is 2. The van der Waals surface area contributed by atoms with Crippen LogP contribution in [0.5, 0.6) is 0 Å². The van der Waals surface area contributed by atoms with Crippen molar-refractivity contribution >= 4 is 45.9 Å². The first-order valence-electron chi connectivity index (χ1n) is 21.4. The van der Waals surface area contributed by atoms with Crippen LogP contribution in [-0.4, -0.2) is 113 Å². The summed E-state index contributed by atoms with van der Waals surface area (Å²) in [6.07, 6.45) is 8.47. The largest absolute Gasteiger partial charge is 0.374 e. The first kappa shape index (κ1) is 40.1. The molecule has 8 heterocycles. The number of fused-ring (bicyclic) bond motifs is 4. The Labute approximate surface area is 354 Å². The molecule has 2 bridgehead atoms. The van der Waals surface area contributed by atoms with Crippen LogP contribution in [0.15, 0.2) is 47.7 Å². The molecule has 1 saturated carbocycles. The summed E-state index contributed by atoms with van der Waals surface area (Å²) in [4.78, 5) is 60.5. The molecule has 0 spiro atoms. The molecule has 19 heteroatoms. The van der Waals surface area contributed by atoms with Crippen LogP contribution in [0.25, 0.3) is 16.7 Å². The maximum Gasteiger partial charge on any atom is 0.329 e. The zero-order valence-corrected chi connectivity index (χ0v) is 34.2. The fourth-order valence-corrected chi connectivity index (χ4v) is 10.1. The quantitative estimate of drug-likeness (QED) is 0.163. The second-order valence-corrected chi connectivity index (χ2v) is 16.9. The fourth-order valence-electron chi connectivity index (χ4n) is 10.1. The monoisotopic (exact) mass is 851 g/mol. The molecule has 0 radical (unpaired) electrons. The normalized spacial score (nSPS) is 24.6. The van der Waals surface area contributed by atoms with Crippen LogP contribution in [0.4, 0.5) is 20.3 Å². The number of anilines is 2. The molecule has 2 N–H and O–H groups in total. The number of carbonyl (C=O) groups excluding carboxylic acids is 3. The molecule has 4 aromatic heterocycles. The van der Waals surface area contributed by atoms with Gasteiger partial charge in [-0.3, -0.25) is 33.5 Å². The highest BCUT2D eigenvalue weighted by Gasteiger charge is 2.40. The number of rotatable bonds is 9. The van der Waals surface area contributed by atoms with E-state index in [1.807, 2.05) is 12.1 Å². The number of para-hydroxylation sites is 1. The lowest BCUT2D eigenvalue weighted by atomic mass is 9.89. The Kier molecular flexibility index (Phi) is 10.6. The van der Waals surface area contributed by atoms with Crippen molar-refractivity contribution in [2.45, 2.75) is 101 Å². The Balaban J connectivity index is 0.720. The number of hydrogen-bond acceptors (Lipinski definition) is 11. The molecule has 1 unspecified atom stereocenters. The predicted molar refractivity (Wildman–Crippen MR) is 221 cm³/mol. The van der Waals surface area contributed by atoms with E-state index in [0.29, 0.717) is 34.9 Å². The minimum atomic E-state index is -2.87. The van der Waals surface area contributed by atoms with Crippen molar-refractivity contribution in [3.63, 3.8) is 0 Å². The molecule has 1 aromatic carbocycles. The summed E-state index contributed by atoms with van der Waals surface area (Å²) in [5.74, 6) is 5.60. The second kappa shape index (κ2) is 16.4. The summed E-state index contributed by atoms with van der Waals surface area (Å²) in [5.41, 5.74) is 1.57. The lowest BCUT2D eigenvalue weighted by Crippen LogP contribution is -2.45. The Hall–Kier alpha value is -5.97. The molecule has 1 aliphatic carbocycles. The number of ether oxygens (including phenoxy) is 2. The van der Waals surface area contributed by atoms with Gasteiger partial charge >= 0.3 is 5.69 Å². The number of morpholine rings is 1. The number of halogens is 2. The third-order valence-corrected chi connectivity index (χ3v) is 13.3. The molecule has 3 atom stereocenters. The summed E-state index contributed by atoms with van der Waals surface area (Å²) in [6.45, 7) is 3.36. The van der Waals surface area contributed by atoms with Crippen molar-refractivity contribution in [3.8, 4) is 11.8 Å². The number of amides is 3. The standard InChI is InChI=1S/C43H47F2N11O6/c1-51-38-25(4-2-6-33(38)56(43(51)60)34-11-12-36(57)49-42(34)59)5-3-19-61-29-13-16-52(17-14-29)26-7-9-27(10-8-26)55-23-32(37(50-55)39(44)45)47-41(58)31-21-46-54-18-15-35(48-40(31)54)53-22-30-20-28(53)24-62-30/h2,4,6,15,18,21,23,26-30,34,39H,7-14,16-17,19-20,22,24H2,1H3,(H,47,58)(H,49,57,59)/t26-,27+,28-,30-,34?/m1/s1. The lowest BCUT2D eigenvalue weighted by Gasteiger charge is -2.40. The number of nitrogens with one attached hydrogen (secondary N) is 2. The van der Waals surface area contributed by atoms with E-state index in [4.69, 9.17) is 14.5 Å². The van der Waals surface area contributed by atoms with Crippen LogP contribution in [-0.2, 0) is 26.1 Å². The van der Waals surface area contributed by atoms with Crippen molar-refractivity contribution < 1.29 is 32.6 Å². The maximum absolute atomic E-state index is 14.3. The van der Waals surface area contributed by atoms with Gasteiger partial charge in [0.25, 0.3) is 12.3 Å². The van der Waals surface area contributed by atoms with Gasteiger partial charge in [-0.1, -0.05) is 17.9 Å². The van der Waals surface area contributed by atoms with Crippen molar-refractivity contribution in [3.05, 3.63) is 70.2 Å². The van der Waals surface area contributed by atoms with Crippen LogP contribution >= 0.6 is 0 Å². The van der Waals surface area contributed by atoms with Gasteiger partial charge in [-0.15, -0.1) is 0 Å². The van der Waals surface area contributed by atoms with E-state index in [1.165, 1.54) is 26.0 Å². The van der Waals surface area contributed by atoms with Gasteiger partial charge in [0.05, 0.1) is 59.4 Å². The van der Waals surface area contributed by atoms with Crippen LogP contribution in [0.2, 0.25) is 0 Å². The Morgan fingerprint density at radius 3 is 2.60 bits per heavy atom. The predicted octanol–water partition coefficient (Wildman–Crippen LogP) is 3.74. The van der Waals surface area contributed by atoms with E-state index in [-0.39, 0.29) is 66.6 Å². The topological polar surface area (TPSA) is 175 Å². The molecule has 3 amide bonds. The average Bonchev–Trinajstić information content (AvgIpc) is 4.13. The highest BCUT2D eigenvalue weighted by Crippen LogP contribution is 2.36. The minimum Gasteiger partial charge on any atom is -0.374 e. The van der Waals surface area contributed by atoms with E-state index in [2.05, 4.69) is 42.5 Å². The molecule has 5 aliphatic rings. The number of imidazole rings is 1. The van der Waals surface area contributed by atoms with Crippen LogP contribution in [0, 0.1) is 11.8 Å². The highest BCUT2D eigenvalue weighted by molar-refractivity contribution is 6.08. The zero-order valence-electron chi connectivity index (χ0n) is 34.2. The fraction of sp³-hybridized carbons (Fsp3) is 0.512. The maximum atomic E-state index is 14.3. The number of likely N-dealkylation sites (tertiary alicyclic amines) is 1. The number of imide groups is 1. The van der Waals surface area contributed by atoms with E-state index in [0.717, 1.165) is 70.4 Å². The first-order valence-corrected chi connectivity index (χ1v) is 21.4. The number of nitrogens with zero attached hydrogens (tertiary/aromatic N) is 9. The summed E-state index contributed by atoms with van der Waals surface area (Å²) < 4.78 is 46.5. The van der Waals surface area contributed by atoms with Gasteiger partial charge in [-0.25, -0.2) is 23.1 Å². The minimum absolute atomic E-state index is 0.0186. The Bertz CT molecular complexity index is 2680. The van der Waals surface area contributed by atoms with Crippen molar-refractivity contribution in [1.82, 2.24) is 43.7 Å². The van der Waals surface area contributed by atoms with Gasteiger partial charge in [0.2, 0.25) is 11.8 Å². The second-order valence-electron chi connectivity index (χ2n) is 16.9. The smallest absolute Gasteiger partial charge is 0.329 e. The molecule has 5 fully saturated rings. The summed E-state index contributed by atoms with van der Waals surface area (Å²) in [5, 5.41) is 13.6. The van der Waals surface area contributed by atoms with E-state index in [1.54, 1.807) is 30.1 Å². The number of aromatic nitrogens is 7. The first-order chi connectivity index (χ1) is 30.1. The molecule has 4 aliphatic heterocycles. The average molecular weight is 852 g/mol. The van der Waals surface area contributed by atoms with Gasteiger partial charge in [0.1, 0.15) is 24.0 Å². The van der Waals surface area contributed by atoms with Crippen LogP contribution < -0.4 is 21.2 Å². The molecule has 17 nitrogen and oxygen atoms in total. The van der Waals surface area contributed by atoms with Crippen LogP contribution in [0.3, 0.4) is 0 Å². The highest BCUT2D eigenvalue weighted by atomic mass is 19.3. The third kappa shape index (κ3) is 7.43.